The van der Waals surface area contributed by atoms with Crippen molar-refractivity contribution < 1.29 is 22.9 Å². The monoisotopic (exact) mass is 229 g/mol. The molecule has 1 rings (SSSR count). The highest BCUT2D eigenvalue weighted by Crippen LogP contribution is 2.15. The van der Waals surface area contributed by atoms with Crippen molar-refractivity contribution in [3.8, 4) is 0 Å². The van der Waals surface area contributed by atoms with E-state index in [0.717, 1.165) is 12.1 Å². The van der Waals surface area contributed by atoms with Gasteiger partial charge in [0.2, 0.25) is 0 Å². The molecule has 2 N–H and O–H groups in total. The molecule has 0 heterocycles. The minimum absolute atomic E-state index is 0.267. The summed E-state index contributed by atoms with van der Waals surface area (Å²) in [5.74, 6) is -1.20. The lowest BCUT2D eigenvalue weighted by atomic mass is 10.3. The summed E-state index contributed by atoms with van der Waals surface area (Å²) in [5.41, 5.74) is 0.282. The summed E-state index contributed by atoms with van der Waals surface area (Å²) in [6.45, 7) is 0. The van der Waals surface area contributed by atoms with Gasteiger partial charge in [0.25, 0.3) is 10.1 Å². The van der Waals surface area contributed by atoms with E-state index in [1.165, 1.54) is 12.1 Å². The van der Waals surface area contributed by atoms with Gasteiger partial charge in [-0.1, -0.05) is 0 Å². The van der Waals surface area contributed by atoms with Crippen molar-refractivity contribution in [3.63, 3.8) is 0 Å². The number of aliphatic carboxylic acids is 1. The summed E-state index contributed by atoms with van der Waals surface area (Å²) < 4.78 is 29.9. The first-order chi connectivity index (χ1) is 6.89. The van der Waals surface area contributed by atoms with Crippen molar-refractivity contribution in [2.45, 2.75) is 4.90 Å². The maximum Gasteiger partial charge on any atom is 0.346 e. The number of carbonyl (C=O) groups is 1. The van der Waals surface area contributed by atoms with Gasteiger partial charge >= 0.3 is 5.97 Å². The summed E-state index contributed by atoms with van der Waals surface area (Å²) >= 11 is 0. The van der Waals surface area contributed by atoms with E-state index in [2.05, 4.69) is 4.99 Å². The van der Waals surface area contributed by atoms with Crippen LogP contribution >= 0.6 is 0 Å². The molecule has 80 valence electrons. The third kappa shape index (κ3) is 3.49. The number of nitrogens with zero attached hydrogens (tertiary/aromatic N) is 1. The van der Waals surface area contributed by atoms with E-state index in [1.807, 2.05) is 0 Å². The van der Waals surface area contributed by atoms with Gasteiger partial charge in [-0.3, -0.25) is 4.55 Å². The Kier molecular flexibility index (Phi) is 3.17. The van der Waals surface area contributed by atoms with Crippen LogP contribution in [0, 0.1) is 0 Å². The number of carboxylic acid groups (broad SMARTS) is 1. The van der Waals surface area contributed by atoms with E-state index < -0.39 is 16.1 Å². The van der Waals surface area contributed by atoms with Crippen molar-refractivity contribution in [1.82, 2.24) is 0 Å². The lowest BCUT2D eigenvalue weighted by Crippen LogP contribution is -1.97. The predicted molar refractivity (Wildman–Crippen MR) is 52.0 cm³/mol. The number of rotatable bonds is 3. The molecule has 0 bridgehead atoms. The number of aliphatic imine (C=N–C) groups is 1. The number of carboxylic acids is 1. The van der Waals surface area contributed by atoms with Crippen molar-refractivity contribution in [1.29, 1.82) is 0 Å². The van der Waals surface area contributed by atoms with Gasteiger partial charge in [-0.15, -0.1) is 0 Å². The molecule has 0 atom stereocenters. The van der Waals surface area contributed by atoms with E-state index in [0.29, 0.717) is 6.21 Å². The number of hydrogen-bond donors (Lipinski definition) is 2. The van der Waals surface area contributed by atoms with Crippen LogP contribution in [0.1, 0.15) is 0 Å². The molecular formula is C8H7NO5S. The first-order valence-electron chi connectivity index (χ1n) is 3.74. The van der Waals surface area contributed by atoms with Gasteiger partial charge in [0.05, 0.1) is 10.6 Å². The summed E-state index contributed by atoms with van der Waals surface area (Å²) in [6.07, 6.45) is 0.683. The van der Waals surface area contributed by atoms with Crippen LogP contribution in [-0.2, 0) is 14.9 Å². The Hall–Kier alpha value is -1.73. The highest BCUT2D eigenvalue weighted by molar-refractivity contribution is 7.85. The van der Waals surface area contributed by atoms with E-state index in [4.69, 9.17) is 9.66 Å². The molecule has 0 saturated heterocycles. The van der Waals surface area contributed by atoms with Gasteiger partial charge in [0.15, 0.2) is 0 Å². The smallest absolute Gasteiger partial charge is 0.346 e. The summed E-state index contributed by atoms with van der Waals surface area (Å²) in [4.78, 5) is 13.4. The van der Waals surface area contributed by atoms with E-state index >= 15 is 0 Å². The second-order valence-corrected chi connectivity index (χ2v) is 3.99. The standard InChI is InChI=1S/C8H7NO5S/c10-8(11)5-9-6-1-3-7(4-2-6)15(12,13)14/h1-5H,(H,10,11)(H,12,13,14). The zero-order valence-electron chi connectivity index (χ0n) is 7.36. The van der Waals surface area contributed by atoms with Crippen LogP contribution in [0.4, 0.5) is 5.69 Å². The fourth-order valence-electron chi connectivity index (χ4n) is 0.834. The summed E-state index contributed by atoms with van der Waals surface area (Å²) in [6, 6.07) is 4.82. The second kappa shape index (κ2) is 4.20. The van der Waals surface area contributed by atoms with Crippen LogP contribution in [0.3, 0.4) is 0 Å². The third-order valence-corrected chi connectivity index (χ3v) is 2.33. The highest BCUT2D eigenvalue weighted by Gasteiger charge is 2.07. The molecule has 6 nitrogen and oxygen atoms in total. The molecule has 0 aliphatic carbocycles. The summed E-state index contributed by atoms with van der Waals surface area (Å²) in [7, 11) is -4.22. The Labute approximate surface area is 85.6 Å². The lowest BCUT2D eigenvalue weighted by Gasteiger charge is -1.96. The number of benzene rings is 1. The predicted octanol–water partition coefficient (Wildman–Crippen LogP) is 0.720. The zero-order chi connectivity index (χ0) is 11.5. The average Bonchev–Trinajstić information content (AvgIpc) is 2.14. The fraction of sp³-hybridized carbons (Fsp3) is 0. The molecule has 0 aromatic heterocycles. The molecule has 0 saturated carbocycles. The molecule has 0 aliphatic rings. The maximum atomic E-state index is 10.6. The Balaban J connectivity index is 2.96. The normalized spacial score (nSPS) is 11.8. The SMILES string of the molecule is O=C(O)C=Nc1ccc(S(=O)(=O)O)cc1. The minimum atomic E-state index is -4.22. The molecule has 1 aromatic rings. The largest absolute Gasteiger partial charge is 0.477 e. The third-order valence-electron chi connectivity index (χ3n) is 1.46. The van der Waals surface area contributed by atoms with Crippen molar-refractivity contribution >= 4 is 28.0 Å². The molecule has 7 heteroatoms. The molecular weight excluding hydrogens is 222 g/mol. The molecule has 0 radical (unpaired) electrons. The first-order valence-corrected chi connectivity index (χ1v) is 5.18. The second-order valence-electron chi connectivity index (χ2n) is 2.57. The van der Waals surface area contributed by atoms with Crippen LogP contribution < -0.4 is 0 Å². The molecule has 0 amide bonds. The topological polar surface area (TPSA) is 104 Å². The van der Waals surface area contributed by atoms with Crippen molar-refractivity contribution in [2.75, 3.05) is 0 Å². The molecule has 0 spiro atoms. The molecule has 1 aromatic carbocycles. The van der Waals surface area contributed by atoms with Gasteiger partial charge in [0.1, 0.15) is 6.21 Å². The Morgan fingerprint density at radius 1 is 1.27 bits per heavy atom. The first kappa shape index (κ1) is 11.3. The zero-order valence-corrected chi connectivity index (χ0v) is 8.18. The Morgan fingerprint density at radius 2 is 1.80 bits per heavy atom. The van der Waals surface area contributed by atoms with Crippen LogP contribution in [0.25, 0.3) is 0 Å². The van der Waals surface area contributed by atoms with Crippen molar-refractivity contribution in [2.24, 2.45) is 4.99 Å². The molecule has 0 unspecified atom stereocenters. The van der Waals surface area contributed by atoms with E-state index in [9.17, 15) is 13.2 Å². The summed E-state index contributed by atoms with van der Waals surface area (Å²) in [5, 5.41) is 8.27. The van der Waals surface area contributed by atoms with E-state index in [-0.39, 0.29) is 10.6 Å². The van der Waals surface area contributed by atoms with Crippen LogP contribution in [0.15, 0.2) is 34.2 Å². The van der Waals surface area contributed by atoms with Gasteiger partial charge in [-0.05, 0) is 24.3 Å². The lowest BCUT2D eigenvalue weighted by molar-refractivity contribution is -0.128. The van der Waals surface area contributed by atoms with Gasteiger partial charge in [0, 0.05) is 0 Å². The van der Waals surface area contributed by atoms with Gasteiger partial charge in [-0.25, -0.2) is 9.79 Å². The quantitative estimate of drug-likeness (QED) is 0.587. The van der Waals surface area contributed by atoms with Crippen LogP contribution in [-0.4, -0.2) is 30.3 Å². The Morgan fingerprint density at radius 3 is 2.20 bits per heavy atom. The van der Waals surface area contributed by atoms with Crippen LogP contribution in [0.2, 0.25) is 0 Å². The molecule has 0 aliphatic heterocycles. The molecule has 0 fully saturated rings. The highest BCUT2D eigenvalue weighted by atomic mass is 32.2. The Bertz CT molecular complexity index is 488. The van der Waals surface area contributed by atoms with Crippen LogP contribution in [0.5, 0.6) is 0 Å². The average molecular weight is 229 g/mol. The molecule has 15 heavy (non-hydrogen) atoms. The maximum absolute atomic E-state index is 10.6. The number of hydrogen-bond acceptors (Lipinski definition) is 4. The van der Waals surface area contributed by atoms with Gasteiger partial charge < -0.3 is 5.11 Å². The van der Waals surface area contributed by atoms with Gasteiger partial charge in [-0.2, -0.15) is 8.42 Å². The van der Waals surface area contributed by atoms with Crippen molar-refractivity contribution in [3.05, 3.63) is 24.3 Å². The minimum Gasteiger partial charge on any atom is -0.477 e. The van der Waals surface area contributed by atoms with E-state index in [1.54, 1.807) is 0 Å². The fourth-order valence-corrected chi connectivity index (χ4v) is 1.31.